The molecule has 6 heteroatoms. The molecule has 0 radical (unpaired) electrons. The SMILES string of the molecule is CCS(=O)(=O)CCC(CO)(CO)c1ccccc1Cl. The molecule has 0 unspecified atom stereocenters. The Morgan fingerprint density at radius 2 is 1.79 bits per heavy atom. The van der Waals surface area contributed by atoms with E-state index in [-0.39, 0.29) is 31.1 Å². The highest BCUT2D eigenvalue weighted by molar-refractivity contribution is 7.91. The molecule has 0 fully saturated rings. The molecule has 0 amide bonds. The molecule has 19 heavy (non-hydrogen) atoms. The van der Waals surface area contributed by atoms with E-state index in [1.807, 2.05) is 0 Å². The zero-order chi connectivity index (χ0) is 14.5. The number of benzene rings is 1. The molecular weight excluding hydrogens is 288 g/mol. The van der Waals surface area contributed by atoms with Crippen LogP contribution in [0.4, 0.5) is 0 Å². The summed E-state index contributed by atoms with van der Waals surface area (Å²) in [4.78, 5) is 0. The van der Waals surface area contributed by atoms with Crippen molar-refractivity contribution < 1.29 is 18.6 Å². The van der Waals surface area contributed by atoms with Crippen LogP contribution in [0.5, 0.6) is 0 Å². The maximum Gasteiger partial charge on any atom is 0.150 e. The molecule has 1 rings (SSSR count). The predicted molar refractivity (Wildman–Crippen MR) is 76.2 cm³/mol. The van der Waals surface area contributed by atoms with Gasteiger partial charge in [-0.1, -0.05) is 36.7 Å². The summed E-state index contributed by atoms with van der Waals surface area (Å²) in [5.74, 6) is -0.0434. The third-order valence-corrected chi connectivity index (χ3v) is 5.42. The summed E-state index contributed by atoms with van der Waals surface area (Å²) >= 11 is 6.08. The Morgan fingerprint density at radius 3 is 2.26 bits per heavy atom. The summed E-state index contributed by atoms with van der Waals surface area (Å²) in [6, 6.07) is 6.85. The van der Waals surface area contributed by atoms with Crippen molar-refractivity contribution in [1.29, 1.82) is 0 Å². The molecular formula is C13H19ClO4S. The van der Waals surface area contributed by atoms with Crippen molar-refractivity contribution in [2.24, 2.45) is 0 Å². The molecule has 0 saturated heterocycles. The molecule has 0 spiro atoms. The topological polar surface area (TPSA) is 74.6 Å². The van der Waals surface area contributed by atoms with Gasteiger partial charge in [-0.15, -0.1) is 0 Å². The van der Waals surface area contributed by atoms with Crippen LogP contribution < -0.4 is 0 Å². The Bertz CT molecular complexity index is 509. The first-order chi connectivity index (χ1) is 8.90. The first kappa shape index (κ1) is 16.4. The minimum absolute atomic E-state index is 0.0441. The van der Waals surface area contributed by atoms with Gasteiger partial charge >= 0.3 is 0 Å². The van der Waals surface area contributed by atoms with Gasteiger partial charge in [0.2, 0.25) is 0 Å². The lowest BCUT2D eigenvalue weighted by atomic mass is 9.79. The van der Waals surface area contributed by atoms with Gasteiger partial charge in [-0.05, 0) is 18.1 Å². The van der Waals surface area contributed by atoms with Crippen molar-refractivity contribution in [2.45, 2.75) is 18.8 Å². The highest BCUT2D eigenvalue weighted by Crippen LogP contribution is 2.33. The van der Waals surface area contributed by atoms with Crippen molar-refractivity contribution in [3.8, 4) is 0 Å². The van der Waals surface area contributed by atoms with Crippen LogP contribution in [-0.2, 0) is 15.3 Å². The highest BCUT2D eigenvalue weighted by Gasteiger charge is 2.34. The van der Waals surface area contributed by atoms with Crippen LogP contribution in [-0.4, -0.2) is 43.4 Å². The van der Waals surface area contributed by atoms with E-state index in [2.05, 4.69) is 0 Å². The average molecular weight is 307 g/mol. The number of aliphatic hydroxyl groups excluding tert-OH is 2. The van der Waals surface area contributed by atoms with Crippen molar-refractivity contribution in [3.05, 3.63) is 34.9 Å². The zero-order valence-electron chi connectivity index (χ0n) is 10.8. The van der Waals surface area contributed by atoms with Crippen LogP contribution in [0.3, 0.4) is 0 Å². The number of sulfone groups is 1. The normalized spacial score (nSPS) is 12.6. The largest absolute Gasteiger partial charge is 0.395 e. The standard InChI is InChI=1S/C13H19ClO4S/c1-2-19(17,18)8-7-13(9-15,10-16)11-5-3-4-6-12(11)14/h3-6,15-16H,2,7-10H2,1H3. The van der Waals surface area contributed by atoms with Gasteiger partial charge in [0.05, 0.1) is 19.0 Å². The van der Waals surface area contributed by atoms with Crippen LogP contribution in [0.15, 0.2) is 24.3 Å². The van der Waals surface area contributed by atoms with Crippen molar-refractivity contribution in [3.63, 3.8) is 0 Å². The smallest absolute Gasteiger partial charge is 0.150 e. The molecule has 0 heterocycles. The Balaban J connectivity index is 3.08. The molecule has 2 N–H and O–H groups in total. The van der Waals surface area contributed by atoms with E-state index in [0.29, 0.717) is 10.6 Å². The van der Waals surface area contributed by atoms with Crippen molar-refractivity contribution in [1.82, 2.24) is 0 Å². The maximum absolute atomic E-state index is 11.6. The van der Waals surface area contributed by atoms with E-state index in [0.717, 1.165) is 0 Å². The predicted octanol–water partition coefficient (Wildman–Crippen LogP) is 1.39. The molecule has 108 valence electrons. The van der Waals surface area contributed by atoms with Gasteiger partial charge in [0.15, 0.2) is 0 Å². The van der Waals surface area contributed by atoms with Gasteiger partial charge in [-0.2, -0.15) is 0 Å². The summed E-state index contributed by atoms with van der Waals surface area (Å²) in [5.41, 5.74) is -0.450. The highest BCUT2D eigenvalue weighted by atomic mass is 35.5. The fraction of sp³-hybridized carbons (Fsp3) is 0.538. The number of hydrogen-bond acceptors (Lipinski definition) is 4. The average Bonchev–Trinajstić information content (AvgIpc) is 2.42. The summed E-state index contributed by atoms with van der Waals surface area (Å²) in [7, 11) is -3.16. The fourth-order valence-corrected chi connectivity index (χ4v) is 3.23. The fourth-order valence-electron chi connectivity index (χ4n) is 1.90. The molecule has 4 nitrogen and oxygen atoms in total. The number of aliphatic hydroxyl groups is 2. The Morgan fingerprint density at radius 1 is 1.21 bits per heavy atom. The van der Waals surface area contributed by atoms with Gasteiger partial charge in [-0.3, -0.25) is 0 Å². The lowest BCUT2D eigenvalue weighted by molar-refractivity contribution is 0.114. The quantitative estimate of drug-likeness (QED) is 0.798. The third kappa shape index (κ3) is 3.92. The number of rotatable bonds is 7. The van der Waals surface area contributed by atoms with Crippen LogP contribution in [0.1, 0.15) is 18.9 Å². The van der Waals surface area contributed by atoms with Crippen LogP contribution >= 0.6 is 11.6 Å². The van der Waals surface area contributed by atoms with Crippen molar-refractivity contribution in [2.75, 3.05) is 24.7 Å². The van der Waals surface area contributed by atoms with E-state index < -0.39 is 15.3 Å². The van der Waals surface area contributed by atoms with Gasteiger partial charge in [0, 0.05) is 16.2 Å². The Kier molecular flexibility index (Phi) is 5.80. The lowest BCUT2D eigenvalue weighted by Crippen LogP contribution is -2.37. The van der Waals surface area contributed by atoms with E-state index >= 15 is 0 Å². The number of hydrogen-bond donors (Lipinski definition) is 2. The third-order valence-electron chi connectivity index (χ3n) is 3.38. The molecule has 0 aliphatic carbocycles. The lowest BCUT2D eigenvalue weighted by Gasteiger charge is -2.31. The van der Waals surface area contributed by atoms with Crippen molar-refractivity contribution >= 4 is 21.4 Å². The summed E-state index contributed by atoms with van der Waals surface area (Å²) in [6.07, 6.45) is 0.139. The van der Waals surface area contributed by atoms with E-state index in [4.69, 9.17) is 11.6 Å². The van der Waals surface area contributed by atoms with E-state index in [9.17, 15) is 18.6 Å². The second-order valence-electron chi connectivity index (χ2n) is 4.56. The molecule has 0 saturated carbocycles. The van der Waals surface area contributed by atoms with Gasteiger partial charge in [0.1, 0.15) is 9.84 Å². The second-order valence-corrected chi connectivity index (χ2v) is 7.44. The summed E-state index contributed by atoms with van der Waals surface area (Å²) in [5, 5.41) is 19.6. The van der Waals surface area contributed by atoms with Gasteiger partial charge in [0.25, 0.3) is 0 Å². The molecule has 0 aromatic heterocycles. The minimum atomic E-state index is -3.16. The van der Waals surface area contributed by atoms with E-state index in [1.54, 1.807) is 31.2 Å². The van der Waals surface area contributed by atoms with Crippen LogP contribution in [0, 0.1) is 0 Å². The van der Waals surface area contributed by atoms with Crippen LogP contribution in [0.25, 0.3) is 0 Å². The summed E-state index contributed by atoms with van der Waals surface area (Å²) in [6.45, 7) is 0.864. The summed E-state index contributed by atoms with van der Waals surface area (Å²) < 4.78 is 23.2. The minimum Gasteiger partial charge on any atom is -0.395 e. The van der Waals surface area contributed by atoms with Crippen LogP contribution in [0.2, 0.25) is 5.02 Å². The Labute approximate surface area is 119 Å². The van der Waals surface area contributed by atoms with E-state index in [1.165, 1.54) is 0 Å². The number of halogens is 1. The molecule has 0 atom stereocenters. The molecule has 0 aliphatic rings. The second kappa shape index (κ2) is 6.70. The first-order valence-corrected chi connectivity index (χ1v) is 8.28. The molecule has 0 bridgehead atoms. The van der Waals surface area contributed by atoms with Gasteiger partial charge < -0.3 is 10.2 Å². The maximum atomic E-state index is 11.6. The monoisotopic (exact) mass is 306 g/mol. The molecule has 1 aromatic rings. The molecule has 1 aromatic carbocycles. The molecule has 0 aliphatic heterocycles. The Hall–Kier alpha value is -0.620. The first-order valence-electron chi connectivity index (χ1n) is 6.08. The van der Waals surface area contributed by atoms with Gasteiger partial charge in [-0.25, -0.2) is 8.42 Å². The zero-order valence-corrected chi connectivity index (χ0v) is 12.4.